The Bertz CT molecular complexity index is 624. The number of benzene rings is 2. The van der Waals surface area contributed by atoms with Gasteiger partial charge in [0.25, 0.3) is 0 Å². The van der Waals surface area contributed by atoms with Crippen molar-refractivity contribution in [3.8, 4) is 11.5 Å². The van der Waals surface area contributed by atoms with Crippen LogP contribution >= 0.6 is 0 Å². The second kappa shape index (κ2) is 13.8. The zero-order valence-corrected chi connectivity index (χ0v) is 19.2. The lowest BCUT2D eigenvalue weighted by Gasteiger charge is -2.16. The van der Waals surface area contributed by atoms with Crippen LogP contribution in [0.15, 0.2) is 48.5 Å². The molecule has 2 aromatic rings. The molecule has 0 spiro atoms. The highest BCUT2D eigenvalue weighted by molar-refractivity contribution is 5.47. The summed E-state index contributed by atoms with van der Waals surface area (Å²) in [6.07, 6.45) is 7.38. The smallest absolute Gasteiger partial charge is 0.122 e. The molecular weight excluding hydrogens is 372 g/mol. The Kier molecular flexibility index (Phi) is 11.0. The van der Waals surface area contributed by atoms with Crippen molar-refractivity contribution < 1.29 is 9.47 Å². The summed E-state index contributed by atoms with van der Waals surface area (Å²) in [6, 6.07) is 17.3. The van der Waals surface area contributed by atoms with Gasteiger partial charge in [0, 0.05) is 23.5 Å². The van der Waals surface area contributed by atoms with E-state index in [0.717, 1.165) is 22.9 Å². The summed E-state index contributed by atoms with van der Waals surface area (Å²) >= 11 is 0. The summed E-state index contributed by atoms with van der Waals surface area (Å²) in [5.74, 6) is 1.73. The fourth-order valence-corrected chi connectivity index (χ4v) is 3.35. The Labute approximate surface area is 183 Å². The van der Waals surface area contributed by atoms with E-state index >= 15 is 0 Å². The number of ether oxygens (including phenoxy) is 2. The number of unbranched alkanes of at least 4 members (excludes halogenated alkanes) is 2. The molecule has 2 rings (SSSR count). The second-order valence-electron chi connectivity index (χ2n) is 8.12. The van der Waals surface area contributed by atoms with Gasteiger partial charge < -0.3 is 20.1 Å². The first-order valence-corrected chi connectivity index (χ1v) is 11.6. The molecule has 0 aliphatic carbocycles. The monoisotopic (exact) mass is 412 g/mol. The maximum absolute atomic E-state index is 5.80. The molecule has 0 amide bonds. The third-order valence-electron chi connectivity index (χ3n) is 5.14. The largest absolute Gasteiger partial charge is 0.490 e. The van der Waals surface area contributed by atoms with Crippen molar-refractivity contribution in [1.29, 1.82) is 0 Å². The summed E-state index contributed by atoms with van der Waals surface area (Å²) in [5, 5.41) is 7.07. The van der Waals surface area contributed by atoms with E-state index in [9.17, 15) is 0 Å². The number of anilines is 2. The van der Waals surface area contributed by atoms with Crippen molar-refractivity contribution in [3.63, 3.8) is 0 Å². The standard InChI is InChI=1S/C26H40N2O2/c1-5-7-9-21(3)27-23-11-15-25(16-12-23)29-19-20-30-26-17-13-24(14-18-26)28-22(4)10-8-6-2/h11-18,21-22,27-28H,5-10,19-20H2,1-4H3. The van der Waals surface area contributed by atoms with E-state index in [0.29, 0.717) is 25.3 Å². The summed E-state index contributed by atoms with van der Waals surface area (Å²) in [4.78, 5) is 0. The topological polar surface area (TPSA) is 42.5 Å². The van der Waals surface area contributed by atoms with Crippen LogP contribution in [0, 0.1) is 0 Å². The number of hydrogen-bond donors (Lipinski definition) is 2. The SMILES string of the molecule is CCCCC(C)Nc1ccc(OCCOc2ccc(NC(C)CCCC)cc2)cc1. The van der Waals surface area contributed by atoms with Gasteiger partial charge in [-0.05, 0) is 75.2 Å². The van der Waals surface area contributed by atoms with Gasteiger partial charge in [0.15, 0.2) is 0 Å². The molecule has 4 heteroatoms. The fraction of sp³-hybridized carbons (Fsp3) is 0.538. The van der Waals surface area contributed by atoms with Gasteiger partial charge in [-0.25, -0.2) is 0 Å². The third-order valence-corrected chi connectivity index (χ3v) is 5.14. The van der Waals surface area contributed by atoms with E-state index in [1.807, 2.05) is 24.3 Å². The maximum Gasteiger partial charge on any atom is 0.122 e. The predicted octanol–water partition coefficient (Wildman–Crippen LogP) is 7.13. The molecule has 0 heterocycles. The first-order valence-electron chi connectivity index (χ1n) is 11.6. The minimum atomic E-state index is 0.492. The lowest BCUT2D eigenvalue weighted by molar-refractivity contribution is 0.217. The average molecular weight is 413 g/mol. The molecule has 2 unspecified atom stereocenters. The minimum absolute atomic E-state index is 0.492. The molecule has 0 radical (unpaired) electrons. The maximum atomic E-state index is 5.80. The number of nitrogens with one attached hydrogen (secondary N) is 2. The van der Waals surface area contributed by atoms with Gasteiger partial charge >= 0.3 is 0 Å². The van der Waals surface area contributed by atoms with Crippen LogP contribution in [0.1, 0.15) is 66.2 Å². The summed E-state index contributed by atoms with van der Waals surface area (Å²) in [5.41, 5.74) is 2.28. The first kappa shape index (κ1) is 23.9. The van der Waals surface area contributed by atoms with Crippen molar-refractivity contribution in [2.45, 2.75) is 78.3 Å². The molecule has 30 heavy (non-hydrogen) atoms. The van der Waals surface area contributed by atoms with E-state index in [4.69, 9.17) is 9.47 Å². The third kappa shape index (κ3) is 9.43. The molecule has 0 saturated heterocycles. The molecule has 0 aromatic heterocycles. The Hall–Kier alpha value is -2.36. The van der Waals surface area contributed by atoms with Crippen molar-refractivity contribution >= 4 is 11.4 Å². The van der Waals surface area contributed by atoms with Gasteiger partial charge in [0.1, 0.15) is 24.7 Å². The van der Waals surface area contributed by atoms with E-state index in [1.165, 1.54) is 38.5 Å². The quantitative estimate of drug-likeness (QED) is 0.305. The van der Waals surface area contributed by atoms with Crippen LogP contribution in [-0.2, 0) is 0 Å². The molecule has 166 valence electrons. The average Bonchev–Trinajstić information content (AvgIpc) is 2.76. The van der Waals surface area contributed by atoms with Crippen LogP contribution in [0.3, 0.4) is 0 Å². The lowest BCUT2D eigenvalue weighted by atomic mass is 10.1. The summed E-state index contributed by atoms with van der Waals surface area (Å²) < 4.78 is 11.6. The number of hydrogen-bond acceptors (Lipinski definition) is 4. The van der Waals surface area contributed by atoms with Gasteiger partial charge in [0.2, 0.25) is 0 Å². The Morgan fingerprint density at radius 1 is 0.633 bits per heavy atom. The van der Waals surface area contributed by atoms with Crippen molar-refractivity contribution in [2.24, 2.45) is 0 Å². The van der Waals surface area contributed by atoms with Gasteiger partial charge in [-0.2, -0.15) is 0 Å². The molecule has 4 nitrogen and oxygen atoms in total. The molecule has 0 aliphatic heterocycles. The summed E-state index contributed by atoms with van der Waals surface area (Å²) in [6.45, 7) is 9.96. The molecule has 0 saturated carbocycles. The van der Waals surface area contributed by atoms with Crippen LogP contribution in [-0.4, -0.2) is 25.3 Å². The van der Waals surface area contributed by atoms with Crippen LogP contribution in [0.5, 0.6) is 11.5 Å². The Morgan fingerprint density at radius 3 is 1.33 bits per heavy atom. The van der Waals surface area contributed by atoms with Gasteiger partial charge in [0.05, 0.1) is 0 Å². The fourth-order valence-electron chi connectivity index (χ4n) is 3.35. The highest BCUT2D eigenvalue weighted by atomic mass is 16.5. The van der Waals surface area contributed by atoms with Crippen molar-refractivity contribution in [1.82, 2.24) is 0 Å². The highest BCUT2D eigenvalue weighted by Crippen LogP contribution is 2.19. The van der Waals surface area contributed by atoms with Crippen LogP contribution in [0.2, 0.25) is 0 Å². The zero-order valence-electron chi connectivity index (χ0n) is 19.2. The molecule has 2 aromatic carbocycles. The van der Waals surface area contributed by atoms with Crippen molar-refractivity contribution in [3.05, 3.63) is 48.5 Å². The van der Waals surface area contributed by atoms with E-state index in [2.05, 4.69) is 62.6 Å². The van der Waals surface area contributed by atoms with E-state index < -0.39 is 0 Å². The van der Waals surface area contributed by atoms with Crippen LogP contribution in [0.25, 0.3) is 0 Å². The molecule has 0 aliphatic rings. The van der Waals surface area contributed by atoms with E-state index in [1.54, 1.807) is 0 Å². The minimum Gasteiger partial charge on any atom is -0.490 e. The summed E-state index contributed by atoms with van der Waals surface area (Å²) in [7, 11) is 0. The lowest BCUT2D eigenvalue weighted by Crippen LogP contribution is -2.14. The molecule has 0 bridgehead atoms. The molecular formula is C26H40N2O2. The van der Waals surface area contributed by atoms with E-state index in [-0.39, 0.29) is 0 Å². The molecule has 0 fully saturated rings. The molecule has 2 atom stereocenters. The van der Waals surface area contributed by atoms with Crippen LogP contribution in [0.4, 0.5) is 11.4 Å². The normalized spacial score (nSPS) is 12.8. The van der Waals surface area contributed by atoms with Crippen LogP contribution < -0.4 is 20.1 Å². The van der Waals surface area contributed by atoms with Gasteiger partial charge in [-0.1, -0.05) is 39.5 Å². The first-order chi connectivity index (χ1) is 14.6. The Morgan fingerprint density at radius 2 is 1.00 bits per heavy atom. The zero-order chi connectivity index (χ0) is 21.6. The number of rotatable bonds is 15. The second-order valence-corrected chi connectivity index (χ2v) is 8.12. The molecule has 2 N–H and O–H groups in total. The Balaban J connectivity index is 1.66. The predicted molar refractivity (Wildman–Crippen MR) is 129 cm³/mol. The van der Waals surface area contributed by atoms with Gasteiger partial charge in [-0.15, -0.1) is 0 Å². The van der Waals surface area contributed by atoms with Gasteiger partial charge in [-0.3, -0.25) is 0 Å². The highest BCUT2D eigenvalue weighted by Gasteiger charge is 2.03. The van der Waals surface area contributed by atoms with Crippen molar-refractivity contribution in [2.75, 3.05) is 23.8 Å².